The van der Waals surface area contributed by atoms with Gasteiger partial charge < -0.3 is 16.0 Å². The number of carbonyl (C=O) groups is 3. The zero-order chi connectivity index (χ0) is 20.6. The Hall–Kier alpha value is -3.04. The van der Waals surface area contributed by atoms with E-state index in [4.69, 9.17) is 0 Å². The van der Waals surface area contributed by atoms with Crippen LogP contribution in [0, 0.1) is 0 Å². The fraction of sp³-hybridized carbons (Fsp3) is 0.200. The van der Waals surface area contributed by atoms with E-state index in [-0.39, 0.29) is 30.6 Å². The van der Waals surface area contributed by atoms with Gasteiger partial charge in [-0.3, -0.25) is 14.4 Å². The fourth-order valence-corrected chi connectivity index (χ4v) is 4.03. The summed E-state index contributed by atoms with van der Waals surface area (Å²) in [4.78, 5) is 41.4. The molecule has 3 aromatic rings. The van der Waals surface area contributed by atoms with E-state index < -0.39 is 0 Å². The molecule has 0 aliphatic carbocycles. The van der Waals surface area contributed by atoms with Crippen molar-refractivity contribution >= 4 is 51.2 Å². The van der Waals surface area contributed by atoms with E-state index in [1.165, 1.54) is 22.7 Å². The third kappa shape index (κ3) is 6.23. The molecule has 150 valence electrons. The number of benzene rings is 1. The summed E-state index contributed by atoms with van der Waals surface area (Å²) in [6.45, 7) is 0. The van der Waals surface area contributed by atoms with Crippen molar-refractivity contribution in [3.05, 3.63) is 63.3 Å². The van der Waals surface area contributed by atoms with Crippen LogP contribution >= 0.6 is 22.7 Å². The quantitative estimate of drug-likeness (QED) is 0.514. The number of para-hydroxylation sites is 1. The van der Waals surface area contributed by atoms with Gasteiger partial charge in [0, 0.05) is 23.0 Å². The van der Waals surface area contributed by atoms with Crippen molar-refractivity contribution in [1.82, 2.24) is 10.3 Å². The zero-order valence-corrected chi connectivity index (χ0v) is 17.4. The Balaban J connectivity index is 1.55. The van der Waals surface area contributed by atoms with Gasteiger partial charge in [-0.1, -0.05) is 24.3 Å². The second-order valence-electron chi connectivity index (χ2n) is 6.18. The van der Waals surface area contributed by atoms with E-state index >= 15 is 0 Å². The summed E-state index contributed by atoms with van der Waals surface area (Å²) in [5.74, 6) is -0.508. The van der Waals surface area contributed by atoms with Crippen LogP contribution in [0.15, 0.2) is 47.2 Å². The molecule has 0 radical (unpaired) electrons. The first-order valence-corrected chi connectivity index (χ1v) is 10.6. The van der Waals surface area contributed by atoms with Crippen molar-refractivity contribution < 1.29 is 14.4 Å². The number of thiophene rings is 1. The maximum absolute atomic E-state index is 12.4. The van der Waals surface area contributed by atoms with E-state index in [2.05, 4.69) is 20.9 Å². The molecule has 7 nitrogen and oxygen atoms in total. The first-order valence-electron chi connectivity index (χ1n) is 8.88. The van der Waals surface area contributed by atoms with Crippen LogP contribution < -0.4 is 16.0 Å². The third-order valence-electron chi connectivity index (χ3n) is 3.98. The van der Waals surface area contributed by atoms with Gasteiger partial charge >= 0.3 is 0 Å². The number of rotatable bonds is 8. The van der Waals surface area contributed by atoms with Crippen LogP contribution in [0.5, 0.6) is 0 Å². The van der Waals surface area contributed by atoms with Gasteiger partial charge in [0.15, 0.2) is 5.13 Å². The predicted octanol–water partition coefficient (Wildman–Crippen LogP) is 2.86. The fourth-order valence-electron chi connectivity index (χ4n) is 2.60. The highest BCUT2D eigenvalue weighted by Crippen LogP contribution is 2.19. The number of amides is 3. The van der Waals surface area contributed by atoms with Crippen molar-refractivity contribution in [2.45, 2.75) is 19.3 Å². The molecule has 0 atom stereocenters. The molecule has 0 unspecified atom stereocenters. The van der Waals surface area contributed by atoms with Crippen molar-refractivity contribution in [1.29, 1.82) is 0 Å². The molecule has 2 heterocycles. The summed E-state index contributed by atoms with van der Waals surface area (Å²) in [5, 5.41) is 12.3. The predicted molar refractivity (Wildman–Crippen MR) is 115 cm³/mol. The lowest BCUT2D eigenvalue weighted by molar-refractivity contribution is -0.120. The maximum Gasteiger partial charge on any atom is 0.231 e. The smallest absolute Gasteiger partial charge is 0.231 e. The molecule has 9 heteroatoms. The van der Waals surface area contributed by atoms with Crippen LogP contribution in [-0.4, -0.2) is 29.8 Å². The molecule has 0 aliphatic heterocycles. The molecule has 0 aliphatic rings. The monoisotopic (exact) mass is 428 g/mol. The highest BCUT2D eigenvalue weighted by molar-refractivity contribution is 7.14. The van der Waals surface area contributed by atoms with Crippen molar-refractivity contribution in [2.75, 3.05) is 17.7 Å². The minimum absolute atomic E-state index is 0.0750. The minimum Gasteiger partial charge on any atom is -0.359 e. The average Bonchev–Trinajstić information content (AvgIpc) is 3.35. The van der Waals surface area contributed by atoms with Gasteiger partial charge in [0.1, 0.15) is 0 Å². The third-order valence-corrected chi connectivity index (χ3v) is 5.66. The van der Waals surface area contributed by atoms with E-state index in [1.54, 1.807) is 30.6 Å². The Morgan fingerprint density at radius 1 is 0.897 bits per heavy atom. The zero-order valence-electron chi connectivity index (χ0n) is 15.7. The minimum atomic E-state index is -0.240. The van der Waals surface area contributed by atoms with Crippen molar-refractivity contribution in [2.24, 2.45) is 0 Å². The number of nitrogens with one attached hydrogen (secondary N) is 3. The number of hydrogen-bond acceptors (Lipinski definition) is 6. The van der Waals surface area contributed by atoms with Gasteiger partial charge in [0.05, 0.1) is 25.0 Å². The average molecular weight is 429 g/mol. The van der Waals surface area contributed by atoms with Crippen LogP contribution in [0.4, 0.5) is 10.8 Å². The molecular weight excluding hydrogens is 408 g/mol. The molecule has 1 aromatic carbocycles. The molecule has 3 rings (SSSR count). The summed E-state index contributed by atoms with van der Waals surface area (Å²) >= 11 is 2.81. The molecule has 0 bridgehead atoms. The molecular formula is C20H20N4O3S2. The van der Waals surface area contributed by atoms with Gasteiger partial charge in [-0.05, 0) is 23.1 Å². The summed E-state index contributed by atoms with van der Waals surface area (Å²) in [6.07, 6.45) is 0.560. The molecule has 0 spiro atoms. The van der Waals surface area contributed by atoms with Crippen LogP contribution in [-0.2, 0) is 33.6 Å². The summed E-state index contributed by atoms with van der Waals surface area (Å²) < 4.78 is 0. The topological polar surface area (TPSA) is 100 Å². The Labute approximate surface area is 176 Å². The lowest BCUT2D eigenvalue weighted by Gasteiger charge is -2.10. The molecule has 3 N–H and O–H groups in total. The van der Waals surface area contributed by atoms with Crippen LogP contribution in [0.25, 0.3) is 0 Å². The molecule has 0 saturated heterocycles. The van der Waals surface area contributed by atoms with Crippen LogP contribution in [0.1, 0.15) is 16.1 Å². The second kappa shape index (κ2) is 9.94. The Kier molecular flexibility index (Phi) is 7.09. The maximum atomic E-state index is 12.4. The first kappa shape index (κ1) is 20.7. The van der Waals surface area contributed by atoms with Gasteiger partial charge in [-0.25, -0.2) is 4.98 Å². The van der Waals surface area contributed by atoms with Gasteiger partial charge in [-0.15, -0.1) is 22.7 Å². The van der Waals surface area contributed by atoms with Crippen LogP contribution in [0.2, 0.25) is 0 Å². The number of aromatic nitrogens is 1. The lowest BCUT2D eigenvalue weighted by Crippen LogP contribution is -2.22. The number of hydrogen-bond donors (Lipinski definition) is 3. The second-order valence-corrected chi connectivity index (χ2v) is 8.07. The molecule has 3 amide bonds. The largest absolute Gasteiger partial charge is 0.359 e. The van der Waals surface area contributed by atoms with Crippen molar-refractivity contribution in [3.63, 3.8) is 0 Å². The van der Waals surface area contributed by atoms with E-state index in [9.17, 15) is 14.4 Å². The molecule has 0 saturated carbocycles. The summed E-state index contributed by atoms with van der Waals surface area (Å²) in [7, 11) is 1.57. The van der Waals surface area contributed by atoms with Crippen LogP contribution in [0.3, 0.4) is 0 Å². The van der Waals surface area contributed by atoms with E-state index in [0.29, 0.717) is 22.9 Å². The van der Waals surface area contributed by atoms with Gasteiger partial charge in [0.2, 0.25) is 17.7 Å². The van der Waals surface area contributed by atoms with Gasteiger partial charge in [-0.2, -0.15) is 0 Å². The highest BCUT2D eigenvalue weighted by atomic mass is 32.1. The number of thiazole rings is 1. The van der Waals surface area contributed by atoms with Crippen molar-refractivity contribution in [3.8, 4) is 0 Å². The van der Waals surface area contributed by atoms with E-state index in [1.807, 2.05) is 23.6 Å². The van der Waals surface area contributed by atoms with E-state index in [0.717, 1.165) is 10.4 Å². The summed E-state index contributed by atoms with van der Waals surface area (Å²) in [6, 6.07) is 11.0. The molecule has 2 aromatic heterocycles. The Morgan fingerprint density at radius 2 is 1.69 bits per heavy atom. The lowest BCUT2D eigenvalue weighted by atomic mass is 10.1. The number of likely N-dealkylation sites (N-methyl/N-ethyl adjacent to an activating group) is 1. The number of nitrogens with zero attached hydrogens (tertiary/aromatic N) is 1. The Bertz CT molecular complexity index is 999. The highest BCUT2D eigenvalue weighted by Gasteiger charge is 2.13. The number of anilines is 2. The van der Waals surface area contributed by atoms with Gasteiger partial charge in [0.25, 0.3) is 0 Å². The number of carbonyl (C=O) groups excluding carboxylic acids is 3. The normalized spacial score (nSPS) is 10.4. The first-order chi connectivity index (χ1) is 14.0. The summed E-state index contributed by atoms with van der Waals surface area (Å²) in [5.41, 5.74) is 1.91. The Morgan fingerprint density at radius 3 is 2.45 bits per heavy atom. The molecule has 0 fully saturated rings. The standard InChI is InChI=1S/C20H20N4O3S2/c1-21-17(25)9-13-5-2-3-7-16(13)23-18(26)10-14-12-29-20(22-14)24-19(27)11-15-6-4-8-28-15/h2-8,12H,9-11H2,1H3,(H,21,25)(H,23,26)(H,22,24,27). The SMILES string of the molecule is CNC(=O)Cc1ccccc1NC(=O)Cc1csc(NC(=O)Cc2cccs2)n1. The molecule has 29 heavy (non-hydrogen) atoms.